The monoisotopic (exact) mass is 408 g/mol. The third kappa shape index (κ3) is 6.62. The lowest BCUT2D eigenvalue weighted by Gasteiger charge is -2.07. The molecule has 2 nitrogen and oxygen atoms in total. The van der Waals surface area contributed by atoms with E-state index in [0.717, 1.165) is 30.7 Å². The van der Waals surface area contributed by atoms with E-state index in [1.165, 1.54) is 33.4 Å². The van der Waals surface area contributed by atoms with Crippen molar-refractivity contribution in [2.75, 3.05) is 0 Å². The van der Waals surface area contributed by atoms with E-state index in [1.54, 1.807) is 0 Å². The van der Waals surface area contributed by atoms with Crippen LogP contribution in [0.15, 0.2) is 89.1 Å². The normalized spacial score (nSPS) is 12.9. The second-order valence-electron chi connectivity index (χ2n) is 7.79. The lowest BCUT2D eigenvalue weighted by molar-refractivity contribution is 1.18. The minimum absolute atomic E-state index is 0.824. The molecule has 0 fully saturated rings. The Morgan fingerprint density at radius 1 is 0.677 bits per heavy atom. The van der Waals surface area contributed by atoms with Gasteiger partial charge in [-0.3, -0.25) is 0 Å². The third-order valence-electron chi connectivity index (χ3n) is 5.26. The summed E-state index contributed by atoms with van der Waals surface area (Å²) in [4.78, 5) is 0. The van der Waals surface area contributed by atoms with Crippen molar-refractivity contribution in [3.8, 4) is 0 Å². The van der Waals surface area contributed by atoms with Gasteiger partial charge in [-0.25, -0.2) is 0 Å². The molecule has 0 spiro atoms. The van der Waals surface area contributed by atoms with Gasteiger partial charge in [0, 0.05) is 12.8 Å². The molecule has 4 rings (SSSR count). The van der Waals surface area contributed by atoms with Crippen LogP contribution in [0.3, 0.4) is 0 Å². The maximum Gasteiger partial charge on any atom is 0.0687 e. The van der Waals surface area contributed by atoms with Crippen molar-refractivity contribution in [1.29, 1.82) is 0 Å². The van der Waals surface area contributed by atoms with E-state index in [1.807, 2.05) is 13.8 Å². The van der Waals surface area contributed by atoms with Gasteiger partial charge in [0.05, 0.1) is 11.4 Å². The maximum absolute atomic E-state index is 4.40. The topological polar surface area (TPSA) is 24.7 Å². The number of benzene rings is 3. The number of hydrogen-bond donors (Lipinski definition) is 0. The van der Waals surface area contributed by atoms with E-state index in [2.05, 4.69) is 109 Å². The number of aryl methyl sites for hydroxylation is 2. The zero-order valence-corrected chi connectivity index (χ0v) is 19.1. The fraction of sp³-hybridized carbons (Fsp3) is 0.241. The van der Waals surface area contributed by atoms with E-state index in [-0.39, 0.29) is 0 Å². The molecule has 0 atom stereocenters. The van der Waals surface area contributed by atoms with Crippen LogP contribution in [0.25, 0.3) is 6.08 Å². The Morgan fingerprint density at radius 2 is 1.26 bits per heavy atom. The van der Waals surface area contributed by atoms with Crippen LogP contribution in [-0.4, -0.2) is 11.4 Å². The van der Waals surface area contributed by atoms with Gasteiger partial charge in [-0.15, -0.1) is 0 Å². The van der Waals surface area contributed by atoms with E-state index in [9.17, 15) is 0 Å². The molecular formula is C29H32N2. The Morgan fingerprint density at radius 3 is 1.90 bits per heavy atom. The molecule has 0 amide bonds. The molecule has 0 bridgehead atoms. The Bertz CT molecular complexity index is 1070. The molecule has 0 radical (unpaired) electrons. The second kappa shape index (κ2) is 11.2. The molecule has 3 aromatic carbocycles. The molecule has 31 heavy (non-hydrogen) atoms. The highest BCUT2D eigenvalue weighted by molar-refractivity contribution is 6.14. The minimum Gasteiger partial charge on any atom is -0.159 e. The van der Waals surface area contributed by atoms with E-state index in [0.29, 0.717) is 0 Å². The molecular weight excluding hydrogens is 376 g/mol. The third-order valence-corrected chi connectivity index (χ3v) is 5.26. The number of allylic oxidation sites excluding steroid dienone is 1. The maximum atomic E-state index is 4.40. The van der Waals surface area contributed by atoms with E-state index >= 15 is 0 Å². The molecule has 1 aliphatic heterocycles. The molecule has 0 saturated heterocycles. The van der Waals surface area contributed by atoms with Crippen LogP contribution >= 0.6 is 0 Å². The van der Waals surface area contributed by atoms with Crippen LogP contribution < -0.4 is 0 Å². The summed E-state index contributed by atoms with van der Waals surface area (Å²) in [5, 5.41) is 8.79. The predicted octanol–water partition coefficient (Wildman–Crippen LogP) is 7.38. The van der Waals surface area contributed by atoms with Gasteiger partial charge in [0.25, 0.3) is 0 Å². The predicted molar refractivity (Wildman–Crippen MR) is 135 cm³/mol. The number of rotatable bonds is 6. The van der Waals surface area contributed by atoms with Crippen LogP contribution in [0, 0.1) is 13.8 Å². The highest BCUT2D eigenvalue weighted by atomic mass is 15.2. The SMILES string of the molecule is CC.Cc1ccc(CC2=NN=C(/C=C/c3ccccc3Cc3ccc(C)cc3)C2)cc1. The minimum atomic E-state index is 0.824. The van der Waals surface area contributed by atoms with Gasteiger partial charge in [0.15, 0.2) is 0 Å². The average Bonchev–Trinajstić information content (AvgIpc) is 3.25. The lowest BCUT2D eigenvalue weighted by atomic mass is 9.98. The highest BCUT2D eigenvalue weighted by Gasteiger charge is 2.11. The summed E-state index contributed by atoms with van der Waals surface area (Å²) in [5.41, 5.74) is 9.92. The molecule has 1 heterocycles. The first-order chi connectivity index (χ1) is 15.2. The van der Waals surface area contributed by atoms with Gasteiger partial charge >= 0.3 is 0 Å². The van der Waals surface area contributed by atoms with Crippen molar-refractivity contribution in [2.24, 2.45) is 10.2 Å². The molecule has 158 valence electrons. The fourth-order valence-corrected chi connectivity index (χ4v) is 3.52. The fourth-order valence-electron chi connectivity index (χ4n) is 3.52. The van der Waals surface area contributed by atoms with Crippen molar-refractivity contribution in [3.63, 3.8) is 0 Å². The van der Waals surface area contributed by atoms with Crippen molar-refractivity contribution in [2.45, 2.75) is 47.0 Å². The van der Waals surface area contributed by atoms with Crippen molar-refractivity contribution in [1.82, 2.24) is 0 Å². The molecule has 0 N–H and O–H groups in total. The summed E-state index contributed by atoms with van der Waals surface area (Å²) < 4.78 is 0. The summed E-state index contributed by atoms with van der Waals surface area (Å²) in [6.45, 7) is 8.23. The molecule has 2 heteroatoms. The number of nitrogens with zero attached hydrogens (tertiary/aromatic N) is 2. The lowest BCUT2D eigenvalue weighted by Crippen LogP contribution is -2.04. The molecule has 1 aliphatic rings. The van der Waals surface area contributed by atoms with Crippen molar-refractivity contribution < 1.29 is 0 Å². The van der Waals surface area contributed by atoms with Crippen LogP contribution in [-0.2, 0) is 12.8 Å². The summed E-state index contributed by atoms with van der Waals surface area (Å²) in [6.07, 6.45) is 6.91. The van der Waals surface area contributed by atoms with Crippen molar-refractivity contribution in [3.05, 3.63) is 112 Å². The number of hydrogen-bond acceptors (Lipinski definition) is 2. The van der Waals surface area contributed by atoms with Gasteiger partial charge in [-0.05, 0) is 48.6 Å². The Hall–Kier alpha value is -3.26. The molecule has 3 aromatic rings. The quantitative estimate of drug-likeness (QED) is 0.406. The summed E-state index contributed by atoms with van der Waals surface area (Å²) in [6, 6.07) is 26.0. The second-order valence-corrected chi connectivity index (χ2v) is 7.79. The largest absolute Gasteiger partial charge is 0.159 e. The summed E-state index contributed by atoms with van der Waals surface area (Å²) in [7, 11) is 0. The van der Waals surface area contributed by atoms with E-state index in [4.69, 9.17) is 0 Å². The first-order valence-electron chi connectivity index (χ1n) is 11.1. The average molecular weight is 409 g/mol. The highest BCUT2D eigenvalue weighted by Crippen LogP contribution is 2.18. The standard InChI is InChI=1S/C27H26N2.C2H6/c1-20-7-11-22(12-8-20)17-25-6-4-3-5-24(25)15-16-26-19-27(29-28-26)18-23-13-9-21(2)10-14-23;1-2/h3-16H,17-19H2,1-2H3;1-2H3/b16-15+;. The van der Waals surface area contributed by atoms with Crippen LogP contribution in [0.4, 0.5) is 0 Å². The van der Waals surface area contributed by atoms with Gasteiger partial charge < -0.3 is 0 Å². The van der Waals surface area contributed by atoms with Gasteiger partial charge in [-0.1, -0.05) is 104 Å². The van der Waals surface area contributed by atoms with Gasteiger partial charge in [0.2, 0.25) is 0 Å². The first kappa shape index (κ1) is 22.4. The Kier molecular flexibility index (Phi) is 8.12. The van der Waals surface area contributed by atoms with Crippen LogP contribution in [0.2, 0.25) is 0 Å². The zero-order valence-electron chi connectivity index (χ0n) is 19.1. The van der Waals surface area contributed by atoms with Gasteiger partial charge in [-0.2, -0.15) is 10.2 Å². The Balaban J connectivity index is 0.00000132. The molecule has 0 unspecified atom stereocenters. The van der Waals surface area contributed by atoms with Crippen LogP contribution in [0.1, 0.15) is 53.6 Å². The Labute approximate surface area is 187 Å². The van der Waals surface area contributed by atoms with E-state index < -0.39 is 0 Å². The summed E-state index contributed by atoms with van der Waals surface area (Å²) in [5.74, 6) is 0. The molecule has 0 aliphatic carbocycles. The van der Waals surface area contributed by atoms with Crippen LogP contribution in [0.5, 0.6) is 0 Å². The zero-order chi connectivity index (χ0) is 22.1. The summed E-state index contributed by atoms with van der Waals surface area (Å²) >= 11 is 0. The van der Waals surface area contributed by atoms with Gasteiger partial charge in [0.1, 0.15) is 0 Å². The smallest absolute Gasteiger partial charge is 0.0687 e. The molecule has 0 saturated carbocycles. The molecule has 0 aromatic heterocycles. The van der Waals surface area contributed by atoms with Crippen molar-refractivity contribution >= 4 is 17.5 Å². The first-order valence-corrected chi connectivity index (χ1v) is 11.1.